The molecule has 0 saturated carbocycles. The summed E-state index contributed by atoms with van der Waals surface area (Å²) >= 11 is 0. The number of carbonyl (C=O) groups is 1. The van der Waals surface area contributed by atoms with Gasteiger partial charge in [-0.05, 0) is 55.0 Å². The predicted octanol–water partition coefficient (Wildman–Crippen LogP) is 4.32. The Morgan fingerprint density at radius 3 is 2.63 bits per heavy atom. The van der Waals surface area contributed by atoms with Gasteiger partial charge in [0.05, 0.1) is 6.42 Å². The fourth-order valence-electron chi connectivity index (χ4n) is 4.30. The van der Waals surface area contributed by atoms with Crippen molar-refractivity contribution in [2.24, 2.45) is 0 Å². The number of para-hydroxylation sites is 1. The molecule has 1 aromatic heterocycles. The smallest absolute Gasteiger partial charge is 0.305 e. The number of carboxylic acids is 1. The Hall–Kier alpha value is -2.40. The maximum Gasteiger partial charge on any atom is 0.305 e. The van der Waals surface area contributed by atoms with Gasteiger partial charge in [-0.25, -0.2) is 0 Å². The van der Waals surface area contributed by atoms with Gasteiger partial charge in [0, 0.05) is 44.6 Å². The van der Waals surface area contributed by atoms with Crippen molar-refractivity contribution >= 4 is 27.7 Å². The van der Waals surface area contributed by atoms with Crippen molar-refractivity contribution in [2.45, 2.75) is 43.0 Å². The Morgan fingerprint density at radius 2 is 1.93 bits per heavy atom. The second kappa shape index (κ2) is 7.31. The van der Waals surface area contributed by atoms with E-state index >= 15 is 0 Å². The summed E-state index contributed by atoms with van der Waals surface area (Å²) in [5, 5.41) is 10.6. The largest absolute Gasteiger partial charge is 0.481 e. The van der Waals surface area contributed by atoms with Gasteiger partial charge in [-0.2, -0.15) is 0 Å². The van der Waals surface area contributed by atoms with Crippen molar-refractivity contribution in [1.82, 2.24) is 4.57 Å². The zero-order chi connectivity index (χ0) is 19.0. The lowest BCUT2D eigenvalue weighted by Crippen LogP contribution is -2.20. The molecule has 2 heterocycles. The number of aliphatic carboxylic acids is 1. The zero-order valence-corrected chi connectivity index (χ0v) is 16.2. The van der Waals surface area contributed by atoms with E-state index in [1.54, 1.807) is 6.26 Å². The molecule has 0 saturated heterocycles. The Labute approximate surface area is 161 Å². The van der Waals surface area contributed by atoms with Crippen molar-refractivity contribution in [3.05, 3.63) is 65.4 Å². The molecule has 0 aliphatic carbocycles. The van der Waals surface area contributed by atoms with E-state index in [-0.39, 0.29) is 12.5 Å². The standard InChI is InChI=1S/C22H23NO3S/c1-27(26)17-11-9-15(10-12-17)13-19-18-6-2-3-7-20(18)23-16(14-22(24)25)5-4-8-21(19)23/h2-3,6-7,9-12,16H,4-5,8,13-14H2,1H3,(H,24,25). The van der Waals surface area contributed by atoms with Crippen LogP contribution in [-0.4, -0.2) is 26.1 Å². The van der Waals surface area contributed by atoms with Gasteiger partial charge < -0.3 is 9.67 Å². The lowest BCUT2D eigenvalue weighted by Gasteiger charge is -2.26. The van der Waals surface area contributed by atoms with Gasteiger partial charge in [0.2, 0.25) is 0 Å². The number of nitrogens with zero attached hydrogens (tertiary/aromatic N) is 1. The monoisotopic (exact) mass is 381 g/mol. The first-order chi connectivity index (χ1) is 13.0. The molecule has 0 fully saturated rings. The first-order valence-corrected chi connectivity index (χ1v) is 10.8. The van der Waals surface area contributed by atoms with Crippen LogP contribution in [0.4, 0.5) is 0 Å². The summed E-state index contributed by atoms with van der Waals surface area (Å²) in [6, 6.07) is 16.3. The molecule has 1 N–H and O–H groups in total. The molecule has 5 heteroatoms. The van der Waals surface area contributed by atoms with E-state index in [4.69, 9.17) is 0 Å². The third-order valence-electron chi connectivity index (χ3n) is 5.49. The van der Waals surface area contributed by atoms with Crippen LogP contribution in [-0.2, 0) is 28.4 Å². The fraction of sp³-hybridized carbons (Fsp3) is 0.318. The van der Waals surface area contributed by atoms with E-state index in [0.717, 1.165) is 36.1 Å². The predicted molar refractivity (Wildman–Crippen MR) is 108 cm³/mol. The minimum Gasteiger partial charge on any atom is -0.481 e. The summed E-state index contributed by atoms with van der Waals surface area (Å²) in [5.41, 5.74) is 4.89. The van der Waals surface area contributed by atoms with Gasteiger partial charge in [-0.15, -0.1) is 0 Å². The van der Waals surface area contributed by atoms with Crippen LogP contribution in [0, 0.1) is 0 Å². The molecular formula is C22H23NO3S. The normalized spacial score (nSPS) is 17.6. The maximum atomic E-state index is 11.6. The molecule has 3 aromatic rings. The van der Waals surface area contributed by atoms with E-state index in [9.17, 15) is 14.1 Å². The van der Waals surface area contributed by atoms with Gasteiger partial charge in [0.1, 0.15) is 0 Å². The molecule has 1 aliphatic rings. The summed E-state index contributed by atoms with van der Waals surface area (Å²) in [6.45, 7) is 0. The lowest BCUT2D eigenvalue weighted by molar-refractivity contribution is -0.138. The first kappa shape index (κ1) is 18.0. The Bertz CT molecular complexity index is 1020. The molecule has 2 unspecified atom stereocenters. The second-order valence-corrected chi connectivity index (χ2v) is 8.61. The van der Waals surface area contributed by atoms with Gasteiger partial charge >= 0.3 is 5.97 Å². The van der Waals surface area contributed by atoms with E-state index in [0.29, 0.717) is 0 Å². The van der Waals surface area contributed by atoms with Crippen molar-refractivity contribution in [3.63, 3.8) is 0 Å². The third kappa shape index (κ3) is 3.44. The molecule has 2 atom stereocenters. The average molecular weight is 381 g/mol. The number of hydrogen-bond donors (Lipinski definition) is 1. The van der Waals surface area contributed by atoms with E-state index in [1.807, 2.05) is 36.4 Å². The third-order valence-corrected chi connectivity index (χ3v) is 6.43. The van der Waals surface area contributed by atoms with Crippen LogP contribution in [0.25, 0.3) is 10.9 Å². The molecule has 1 aliphatic heterocycles. The Balaban J connectivity index is 1.79. The van der Waals surface area contributed by atoms with Gasteiger partial charge in [0.25, 0.3) is 0 Å². The van der Waals surface area contributed by atoms with Crippen molar-refractivity contribution < 1.29 is 14.1 Å². The lowest BCUT2D eigenvalue weighted by atomic mass is 9.95. The van der Waals surface area contributed by atoms with E-state index in [2.05, 4.69) is 16.7 Å². The average Bonchev–Trinajstić information content (AvgIpc) is 2.97. The number of aromatic nitrogens is 1. The molecule has 27 heavy (non-hydrogen) atoms. The molecule has 4 nitrogen and oxygen atoms in total. The molecule has 4 rings (SSSR count). The quantitative estimate of drug-likeness (QED) is 0.716. The summed E-state index contributed by atoms with van der Waals surface area (Å²) in [7, 11) is -0.970. The molecule has 0 amide bonds. The van der Waals surface area contributed by atoms with Crippen molar-refractivity contribution in [1.29, 1.82) is 0 Å². The van der Waals surface area contributed by atoms with Gasteiger partial charge in [0.15, 0.2) is 0 Å². The first-order valence-electron chi connectivity index (χ1n) is 9.29. The van der Waals surface area contributed by atoms with Crippen LogP contribution in [0.3, 0.4) is 0 Å². The van der Waals surface area contributed by atoms with E-state index < -0.39 is 16.8 Å². The maximum absolute atomic E-state index is 11.6. The topological polar surface area (TPSA) is 59.3 Å². The minimum absolute atomic E-state index is 0.0230. The minimum atomic E-state index is -0.970. The van der Waals surface area contributed by atoms with Crippen LogP contribution in [0.15, 0.2) is 53.4 Å². The summed E-state index contributed by atoms with van der Waals surface area (Å²) in [5.74, 6) is -0.740. The highest BCUT2D eigenvalue weighted by Gasteiger charge is 2.27. The van der Waals surface area contributed by atoms with Crippen LogP contribution < -0.4 is 0 Å². The number of rotatable bonds is 5. The number of benzene rings is 2. The van der Waals surface area contributed by atoms with Crippen LogP contribution >= 0.6 is 0 Å². The van der Waals surface area contributed by atoms with Crippen LogP contribution in [0.2, 0.25) is 0 Å². The van der Waals surface area contributed by atoms with Gasteiger partial charge in [-0.3, -0.25) is 9.00 Å². The van der Waals surface area contributed by atoms with Gasteiger partial charge in [-0.1, -0.05) is 30.3 Å². The SMILES string of the molecule is CS(=O)c1ccc(Cc2c3n(c4ccccc24)C(CC(=O)O)CCC3)cc1. The number of carboxylic acid groups (broad SMARTS) is 1. The highest BCUT2D eigenvalue weighted by molar-refractivity contribution is 7.84. The molecule has 140 valence electrons. The molecule has 0 radical (unpaired) electrons. The number of fused-ring (bicyclic) bond motifs is 3. The zero-order valence-electron chi connectivity index (χ0n) is 15.4. The summed E-state index contributed by atoms with van der Waals surface area (Å²) in [6.07, 6.45) is 5.58. The molecule has 2 aromatic carbocycles. The van der Waals surface area contributed by atoms with Crippen molar-refractivity contribution in [3.8, 4) is 0 Å². The molecule has 0 spiro atoms. The summed E-state index contributed by atoms with van der Waals surface area (Å²) < 4.78 is 13.9. The highest BCUT2D eigenvalue weighted by Crippen LogP contribution is 2.38. The molecule has 0 bridgehead atoms. The number of hydrogen-bond acceptors (Lipinski definition) is 2. The highest BCUT2D eigenvalue weighted by atomic mass is 32.2. The van der Waals surface area contributed by atoms with E-state index in [1.165, 1.54) is 22.2 Å². The summed E-state index contributed by atoms with van der Waals surface area (Å²) in [4.78, 5) is 12.2. The second-order valence-electron chi connectivity index (χ2n) is 7.23. The Kier molecular flexibility index (Phi) is 4.87. The van der Waals surface area contributed by atoms with Crippen molar-refractivity contribution in [2.75, 3.05) is 6.26 Å². The molecular weight excluding hydrogens is 358 g/mol. The van der Waals surface area contributed by atoms with Crippen LogP contribution in [0.5, 0.6) is 0 Å². The fourth-order valence-corrected chi connectivity index (χ4v) is 4.82. The Morgan fingerprint density at radius 1 is 1.19 bits per heavy atom. The van der Waals surface area contributed by atoms with Crippen LogP contribution in [0.1, 0.15) is 42.1 Å².